The van der Waals surface area contributed by atoms with Gasteiger partial charge < -0.3 is 10.5 Å². The summed E-state index contributed by atoms with van der Waals surface area (Å²) in [5.74, 6) is 0.216. The highest BCUT2D eigenvalue weighted by molar-refractivity contribution is 9.10. The fourth-order valence-electron chi connectivity index (χ4n) is 1.69. The fraction of sp³-hybridized carbons (Fsp3) is 0.0625. The van der Waals surface area contributed by atoms with Crippen molar-refractivity contribution in [3.8, 4) is 5.75 Å². The van der Waals surface area contributed by atoms with E-state index in [0.29, 0.717) is 12.4 Å². The van der Waals surface area contributed by atoms with Crippen LogP contribution in [0.3, 0.4) is 0 Å². The van der Waals surface area contributed by atoms with Crippen molar-refractivity contribution in [1.29, 1.82) is 0 Å². The summed E-state index contributed by atoms with van der Waals surface area (Å²) in [4.78, 5) is 10.8. The second kappa shape index (κ2) is 6.91. The number of ether oxygens (including phenoxy) is 1. The molecule has 2 rings (SSSR count). The van der Waals surface area contributed by atoms with Gasteiger partial charge in [-0.25, -0.2) is 0 Å². The molecule has 0 saturated heterocycles. The van der Waals surface area contributed by atoms with Crippen LogP contribution in [-0.2, 0) is 11.4 Å². The first-order valence-corrected chi connectivity index (χ1v) is 6.88. The number of hydrogen-bond donors (Lipinski definition) is 1. The molecule has 2 aromatic rings. The molecular formula is C16H14BrNO2. The molecule has 20 heavy (non-hydrogen) atoms. The third kappa shape index (κ3) is 4.24. The van der Waals surface area contributed by atoms with E-state index in [4.69, 9.17) is 10.5 Å². The van der Waals surface area contributed by atoms with Crippen molar-refractivity contribution in [1.82, 2.24) is 0 Å². The Morgan fingerprint density at radius 1 is 1.20 bits per heavy atom. The van der Waals surface area contributed by atoms with Crippen LogP contribution in [-0.4, -0.2) is 5.91 Å². The summed E-state index contributed by atoms with van der Waals surface area (Å²) in [6.45, 7) is 0.472. The normalized spacial score (nSPS) is 10.7. The van der Waals surface area contributed by atoms with E-state index in [1.165, 1.54) is 6.08 Å². The van der Waals surface area contributed by atoms with E-state index >= 15 is 0 Å². The second-order valence-corrected chi connectivity index (χ2v) is 5.11. The number of rotatable bonds is 5. The molecule has 4 heteroatoms. The van der Waals surface area contributed by atoms with E-state index in [1.54, 1.807) is 6.08 Å². The van der Waals surface area contributed by atoms with Gasteiger partial charge >= 0.3 is 0 Å². The number of halogens is 1. The third-order valence-corrected chi connectivity index (χ3v) is 3.13. The van der Waals surface area contributed by atoms with Crippen LogP contribution in [0.4, 0.5) is 0 Å². The van der Waals surface area contributed by atoms with Crippen LogP contribution in [0.2, 0.25) is 0 Å². The van der Waals surface area contributed by atoms with Crippen LogP contribution in [0, 0.1) is 0 Å². The van der Waals surface area contributed by atoms with Crippen molar-refractivity contribution in [3.63, 3.8) is 0 Å². The van der Waals surface area contributed by atoms with Gasteiger partial charge in [-0.2, -0.15) is 0 Å². The SMILES string of the molecule is NC(=O)C=Cc1cc(Br)ccc1OCc1ccccc1. The summed E-state index contributed by atoms with van der Waals surface area (Å²) in [6, 6.07) is 15.5. The van der Waals surface area contributed by atoms with Crippen molar-refractivity contribution in [2.24, 2.45) is 5.73 Å². The smallest absolute Gasteiger partial charge is 0.241 e. The third-order valence-electron chi connectivity index (χ3n) is 2.64. The molecule has 0 heterocycles. The molecule has 0 bridgehead atoms. The minimum absolute atomic E-state index is 0.472. The summed E-state index contributed by atoms with van der Waals surface area (Å²) in [5, 5.41) is 0. The standard InChI is InChI=1S/C16H14BrNO2/c17-14-7-8-15(13(10-14)6-9-16(18)19)20-11-12-4-2-1-3-5-12/h1-10H,11H2,(H2,18,19). The van der Waals surface area contributed by atoms with E-state index in [9.17, 15) is 4.79 Å². The largest absolute Gasteiger partial charge is 0.488 e. The minimum Gasteiger partial charge on any atom is -0.488 e. The van der Waals surface area contributed by atoms with E-state index in [1.807, 2.05) is 48.5 Å². The number of benzene rings is 2. The summed E-state index contributed by atoms with van der Waals surface area (Å²) >= 11 is 3.39. The number of hydrogen-bond acceptors (Lipinski definition) is 2. The maximum absolute atomic E-state index is 10.8. The zero-order valence-corrected chi connectivity index (χ0v) is 12.3. The Hall–Kier alpha value is -2.07. The molecule has 0 saturated carbocycles. The average Bonchev–Trinajstić information content (AvgIpc) is 2.45. The van der Waals surface area contributed by atoms with Crippen molar-refractivity contribution < 1.29 is 9.53 Å². The Morgan fingerprint density at radius 2 is 1.95 bits per heavy atom. The summed E-state index contributed by atoms with van der Waals surface area (Å²) in [6.07, 6.45) is 2.96. The molecule has 0 radical (unpaired) electrons. The molecule has 0 unspecified atom stereocenters. The number of amides is 1. The van der Waals surface area contributed by atoms with Crippen molar-refractivity contribution in [3.05, 3.63) is 70.2 Å². The van der Waals surface area contributed by atoms with Crippen LogP contribution >= 0.6 is 15.9 Å². The highest BCUT2D eigenvalue weighted by Gasteiger charge is 2.03. The lowest BCUT2D eigenvalue weighted by molar-refractivity contribution is -0.113. The number of nitrogens with two attached hydrogens (primary N) is 1. The first-order valence-electron chi connectivity index (χ1n) is 6.09. The Balaban J connectivity index is 2.16. The molecular weight excluding hydrogens is 318 g/mol. The molecule has 0 spiro atoms. The zero-order chi connectivity index (χ0) is 14.4. The molecule has 0 atom stereocenters. The van der Waals surface area contributed by atoms with Gasteiger partial charge in [-0.15, -0.1) is 0 Å². The van der Waals surface area contributed by atoms with Gasteiger partial charge in [0, 0.05) is 16.1 Å². The van der Waals surface area contributed by atoms with Gasteiger partial charge in [0.1, 0.15) is 12.4 Å². The Labute approximate surface area is 126 Å². The summed E-state index contributed by atoms with van der Waals surface area (Å²) < 4.78 is 6.70. The predicted molar refractivity (Wildman–Crippen MR) is 83.1 cm³/mol. The van der Waals surface area contributed by atoms with Crippen LogP contribution < -0.4 is 10.5 Å². The fourth-order valence-corrected chi connectivity index (χ4v) is 2.07. The van der Waals surface area contributed by atoms with Gasteiger partial charge in [0.15, 0.2) is 0 Å². The zero-order valence-electron chi connectivity index (χ0n) is 10.8. The Bertz CT molecular complexity index is 624. The van der Waals surface area contributed by atoms with Crippen LogP contribution in [0.5, 0.6) is 5.75 Å². The van der Waals surface area contributed by atoms with Gasteiger partial charge in [0.05, 0.1) is 0 Å². The molecule has 2 aromatic carbocycles. The summed E-state index contributed by atoms with van der Waals surface area (Å²) in [7, 11) is 0. The van der Waals surface area contributed by atoms with E-state index in [-0.39, 0.29) is 0 Å². The van der Waals surface area contributed by atoms with Gasteiger partial charge in [0.25, 0.3) is 0 Å². The van der Waals surface area contributed by atoms with E-state index in [0.717, 1.165) is 15.6 Å². The first-order chi connectivity index (χ1) is 9.65. The van der Waals surface area contributed by atoms with Gasteiger partial charge in [-0.05, 0) is 29.8 Å². The first kappa shape index (κ1) is 14.3. The lowest BCUT2D eigenvalue weighted by atomic mass is 10.2. The van der Waals surface area contributed by atoms with Gasteiger partial charge in [-0.1, -0.05) is 46.3 Å². The predicted octanol–water partition coefficient (Wildman–Crippen LogP) is 3.53. The highest BCUT2D eigenvalue weighted by atomic mass is 79.9. The van der Waals surface area contributed by atoms with Crippen molar-refractivity contribution in [2.45, 2.75) is 6.61 Å². The van der Waals surface area contributed by atoms with E-state index < -0.39 is 5.91 Å². The minimum atomic E-state index is -0.487. The molecule has 0 aliphatic carbocycles. The van der Waals surface area contributed by atoms with Crippen LogP contribution in [0.15, 0.2) is 59.1 Å². The van der Waals surface area contributed by atoms with Gasteiger partial charge in [0.2, 0.25) is 5.91 Å². The van der Waals surface area contributed by atoms with Gasteiger partial charge in [-0.3, -0.25) is 4.79 Å². The molecule has 2 N–H and O–H groups in total. The monoisotopic (exact) mass is 331 g/mol. The quantitative estimate of drug-likeness (QED) is 0.852. The lowest BCUT2D eigenvalue weighted by Crippen LogP contribution is -2.05. The molecule has 0 aromatic heterocycles. The number of primary amides is 1. The lowest BCUT2D eigenvalue weighted by Gasteiger charge is -2.09. The molecule has 102 valence electrons. The molecule has 0 aliphatic heterocycles. The van der Waals surface area contributed by atoms with E-state index in [2.05, 4.69) is 15.9 Å². The maximum atomic E-state index is 10.8. The summed E-state index contributed by atoms with van der Waals surface area (Å²) in [5.41, 5.74) is 7.00. The number of carbonyl (C=O) groups is 1. The number of carbonyl (C=O) groups excluding carboxylic acids is 1. The van der Waals surface area contributed by atoms with Crippen LogP contribution in [0.1, 0.15) is 11.1 Å². The topological polar surface area (TPSA) is 52.3 Å². The van der Waals surface area contributed by atoms with Crippen LogP contribution in [0.25, 0.3) is 6.08 Å². The molecule has 0 aliphatic rings. The molecule has 0 fully saturated rings. The molecule has 1 amide bonds. The Kier molecular flexibility index (Phi) is 4.96. The highest BCUT2D eigenvalue weighted by Crippen LogP contribution is 2.25. The average molecular weight is 332 g/mol. The van der Waals surface area contributed by atoms with Crippen molar-refractivity contribution >= 4 is 27.9 Å². The second-order valence-electron chi connectivity index (χ2n) is 4.19. The van der Waals surface area contributed by atoms with Crippen molar-refractivity contribution in [2.75, 3.05) is 0 Å². The molecule has 3 nitrogen and oxygen atoms in total. The Morgan fingerprint density at radius 3 is 2.65 bits per heavy atom. The maximum Gasteiger partial charge on any atom is 0.241 e.